The highest BCUT2D eigenvalue weighted by Crippen LogP contribution is 2.39. The SMILES string of the molecule is N[C@H](c1cc(O)c[nH]1)C1CC1. The van der Waals surface area contributed by atoms with E-state index in [0.29, 0.717) is 5.92 Å². The molecule has 2 rings (SSSR count). The van der Waals surface area contributed by atoms with Gasteiger partial charge in [-0.15, -0.1) is 0 Å². The van der Waals surface area contributed by atoms with Crippen LogP contribution in [0.25, 0.3) is 0 Å². The zero-order chi connectivity index (χ0) is 7.84. The molecule has 0 saturated heterocycles. The molecule has 0 radical (unpaired) electrons. The van der Waals surface area contributed by atoms with Gasteiger partial charge in [0.2, 0.25) is 0 Å². The summed E-state index contributed by atoms with van der Waals surface area (Å²) in [6.45, 7) is 0. The van der Waals surface area contributed by atoms with E-state index in [0.717, 1.165) is 5.69 Å². The van der Waals surface area contributed by atoms with Crippen molar-refractivity contribution in [3.63, 3.8) is 0 Å². The zero-order valence-corrected chi connectivity index (χ0v) is 6.25. The Morgan fingerprint density at radius 3 is 2.82 bits per heavy atom. The number of H-pyrrole nitrogens is 1. The quantitative estimate of drug-likeness (QED) is 0.594. The Kier molecular flexibility index (Phi) is 1.39. The van der Waals surface area contributed by atoms with Crippen LogP contribution in [0.5, 0.6) is 5.75 Å². The Bertz CT molecular complexity index is 252. The molecule has 0 spiro atoms. The second-order valence-corrected chi connectivity index (χ2v) is 3.18. The molecule has 0 amide bonds. The van der Waals surface area contributed by atoms with Crippen LogP contribution in [0.3, 0.4) is 0 Å². The smallest absolute Gasteiger partial charge is 0.133 e. The molecule has 0 bridgehead atoms. The fourth-order valence-electron chi connectivity index (χ4n) is 1.30. The van der Waals surface area contributed by atoms with Gasteiger partial charge >= 0.3 is 0 Å². The second kappa shape index (κ2) is 2.27. The molecule has 0 aromatic carbocycles. The summed E-state index contributed by atoms with van der Waals surface area (Å²) in [6, 6.07) is 1.79. The van der Waals surface area contributed by atoms with Crippen LogP contribution in [0.1, 0.15) is 24.6 Å². The van der Waals surface area contributed by atoms with E-state index in [1.165, 1.54) is 12.8 Å². The molecule has 1 aliphatic rings. The van der Waals surface area contributed by atoms with Gasteiger partial charge < -0.3 is 15.8 Å². The minimum absolute atomic E-state index is 0.0934. The maximum Gasteiger partial charge on any atom is 0.133 e. The standard InChI is InChI=1S/C8H12N2O/c9-8(5-1-2-5)7-3-6(11)4-10-7/h3-5,8,10-11H,1-2,9H2/t8-/m0/s1. The number of rotatable bonds is 2. The minimum atomic E-state index is 0.0934. The second-order valence-electron chi connectivity index (χ2n) is 3.18. The lowest BCUT2D eigenvalue weighted by Gasteiger charge is -2.05. The normalized spacial score (nSPS) is 20.1. The molecule has 3 nitrogen and oxygen atoms in total. The van der Waals surface area contributed by atoms with Crippen molar-refractivity contribution in [2.45, 2.75) is 18.9 Å². The predicted molar refractivity (Wildman–Crippen MR) is 42.1 cm³/mol. The van der Waals surface area contributed by atoms with Crippen molar-refractivity contribution in [1.82, 2.24) is 4.98 Å². The molecule has 1 aliphatic carbocycles. The van der Waals surface area contributed by atoms with Gasteiger partial charge in [0.15, 0.2) is 0 Å². The van der Waals surface area contributed by atoms with Crippen LogP contribution in [-0.4, -0.2) is 10.1 Å². The molecule has 1 heterocycles. The molecular weight excluding hydrogens is 140 g/mol. The molecule has 0 aliphatic heterocycles. The number of aromatic hydroxyl groups is 1. The first-order valence-corrected chi connectivity index (χ1v) is 3.90. The fourth-order valence-corrected chi connectivity index (χ4v) is 1.30. The number of aromatic nitrogens is 1. The van der Waals surface area contributed by atoms with Crippen molar-refractivity contribution in [3.8, 4) is 5.75 Å². The highest BCUT2D eigenvalue weighted by molar-refractivity contribution is 5.24. The molecular formula is C8H12N2O. The van der Waals surface area contributed by atoms with Crippen LogP contribution in [0.2, 0.25) is 0 Å². The Balaban J connectivity index is 2.14. The highest BCUT2D eigenvalue weighted by Gasteiger charge is 2.30. The van der Waals surface area contributed by atoms with E-state index in [1.807, 2.05) is 0 Å². The number of nitrogens with one attached hydrogen (secondary N) is 1. The lowest BCUT2D eigenvalue weighted by Crippen LogP contribution is -2.12. The molecule has 3 heteroatoms. The maximum absolute atomic E-state index is 9.02. The molecule has 1 aromatic heterocycles. The van der Waals surface area contributed by atoms with E-state index < -0.39 is 0 Å². The third-order valence-corrected chi connectivity index (χ3v) is 2.18. The van der Waals surface area contributed by atoms with Crippen LogP contribution in [0.15, 0.2) is 12.3 Å². The van der Waals surface area contributed by atoms with Crippen molar-refractivity contribution in [3.05, 3.63) is 18.0 Å². The van der Waals surface area contributed by atoms with E-state index in [2.05, 4.69) is 4.98 Å². The summed E-state index contributed by atoms with van der Waals surface area (Å²) in [5.74, 6) is 0.907. The van der Waals surface area contributed by atoms with Crippen molar-refractivity contribution in [2.75, 3.05) is 0 Å². The first kappa shape index (κ1) is 6.73. The van der Waals surface area contributed by atoms with Crippen LogP contribution < -0.4 is 5.73 Å². The number of hydrogen-bond donors (Lipinski definition) is 3. The van der Waals surface area contributed by atoms with Crippen LogP contribution in [0.4, 0.5) is 0 Å². The van der Waals surface area contributed by atoms with Crippen molar-refractivity contribution in [1.29, 1.82) is 0 Å². The van der Waals surface area contributed by atoms with Crippen LogP contribution >= 0.6 is 0 Å². The van der Waals surface area contributed by atoms with Gasteiger partial charge in [-0.3, -0.25) is 0 Å². The molecule has 4 N–H and O–H groups in total. The van der Waals surface area contributed by atoms with Crippen molar-refractivity contribution < 1.29 is 5.11 Å². The molecule has 0 unspecified atom stereocenters. The lowest BCUT2D eigenvalue weighted by atomic mass is 10.1. The predicted octanol–water partition coefficient (Wildman–Crippen LogP) is 1.13. The summed E-state index contributed by atoms with van der Waals surface area (Å²) in [5, 5.41) is 9.02. The van der Waals surface area contributed by atoms with Gasteiger partial charge in [0.1, 0.15) is 5.75 Å². The topological polar surface area (TPSA) is 62.0 Å². The van der Waals surface area contributed by atoms with Crippen molar-refractivity contribution >= 4 is 0 Å². The van der Waals surface area contributed by atoms with Gasteiger partial charge in [-0.1, -0.05) is 0 Å². The van der Waals surface area contributed by atoms with Gasteiger partial charge in [-0.05, 0) is 18.8 Å². The molecule has 1 saturated carbocycles. The van der Waals surface area contributed by atoms with E-state index in [-0.39, 0.29) is 11.8 Å². The van der Waals surface area contributed by atoms with E-state index in [4.69, 9.17) is 10.8 Å². The van der Waals surface area contributed by atoms with Crippen LogP contribution in [0, 0.1) is 5.92 Å². The largest absolute Gasteiger partial charge is 0.506 e. The first-order chi connectivity index (χ1) is 5.27. The summed E-state index contributed by atoms with van der Waals surface area (Å²) in [4.78, 5) is 2.95. The number of nitrogens with two attached hydrogens (primary N) is 1. The Morgan fingerprint density at radius 2 is 2.36 bits per heavy atom. The minimum Gasteiger partial charge on any atom is -0.506 e. The van der Waals surface area contributed by atoms with E-state index >= 15 is 0 Å². The van der Waals surface area contributed by atoms with Gasteiger partial charge in [-0.25, -0.2) is 0 Å². The molecule has 1 atom stereocenters. The van der Waals surface area contributed by atoms with Crippen LogP contribution in [-0.2, 0) is 0 Å². The van der Waals surface area contributed by atoms with E-state index in [1.54, 1.807) is 12.3 Å². The van der Waals surface area contributed by atoms with Crippen molar-refractivity contribution in [2.24, 2.45) is 11.7 Å². The zero-order valence-electron chi connectivity index (χ0n) is 6.25. The summed E-state index contributed by atoms with van der Waals surface area (Å²) in [7, 11) is 0. The third kappa shape index (κ3) is 1.24. The maximum atomic E-state index is 9.02. The van der Waals surface area contributed by atoms with Gasteiger partial charge in [0.25, 0.3) is 0 Å². The summed E-state index contributed by atoms with van der Waals surface area (Å²) < 4.78 is 0. The Hall–Kier alpha value is -0.960. The average molecular weight is 152 g/mol. The third-order valence-electron chi connectivity index (χ3n) is 2.18. The monoisotopic (exact) mass is 152 g/mol. The Morgan fingerprint density at radius 1 is 1.64 bits per heavy atom. The molecule has 11 heavy (non-hydrogen) atoms. The fraction of sp³-hybridized carbons (Fsp3) is 0.500. The summed E-state index contributed by atoms with van der Waals surface area (Å²) in [5.41, 5.74) is 6.82. The highest BCUT2D eigenvalue weighted by atomic mass is 16.3. The summed E-state index contributed by atoms with van der Waals surface area (Å²) >= 11 is 0. The first-order valence-electron chi connectivity index (χ1n) is 3.90. The molecule has 60 valence electrons. The van der Waals surface area contributed by atoms with Gasteiger partial charge in [-0.2, -0.15) is 0 Å². The van der Waals surface area contributed by atoms with Gasteiger partial charge in [0.05, 0.1) is 0 Å². The number of aromatic amines is 1. The van der Waals surface area contributed by atoms with Gasteiger partial charge in [0, 0.05) is 24.0 Å². The summed E-state index contributed by atoms with van der Waals surface area (Å²) in [6.07, 6.45) is 4.01. The average Bonchev–Trinajstić information content (AvgIpc) is 2.74. The van der Waals surface area contributed by atoms with E-state index in [9.17, 15) is 0 Å². The molecule has 1 fully saturated rings. The lowest BCUT2D eigenvalue weighted by molar-refractivity contribution is 0.475. The molecule has 1 aromatic rings. The Labute approximate surface area is 65.2 Å². The number of hydrogen-bond acceptors (Lipinski definition) is 2.